The number of nitrogens with zero attached hydrogens (tertiary/aromatic N) is 3. The fourth-order valence-corrected chi connectivity index (χ4v) is 2.60. The summed E-state index contributed by atoms with van der Waals surface area (Å²) in [5.74, 6) is -1.92. The van der Waals surface area contributed by atoms with E-state index in [0.717, 1.165) is 17.5 Å². The number of carboxylic acid groups (broad SMARTS) is 1. The van der Waals surface area contributed by atoms with E-state index in [9.17, 15) is 13.6 Å². The summed E-state index contributed by atoms with van der Waals surface area (Å²) >= 11 is 0. The summed E-state index contributed by atoms with van der Waals surface area (Å²) in [4.78, 5) is 15.0. The van der Waals surface area contributed by atoms with E-state index in [1.54, 1.807) is 0 Å². The quantitative estimate of drug-likeness (QED) is 0.921. The first-order chi connectivity index (χ1) is 9.90. The average molecular weight is 293 g/mol. The fourth-order valence-electron chi connectivity index (χ4n) is 2.60. The number of aromatic nitrogens is 3. The maximum atomic E-state index is 14.2. The second-order valence-electron chi connectivity index (χ2n) is 5.21. The first kappa shape index (κ1) is 13.7. The van der Waals surface area contributed by atoms with Gasteiger partial charge in [-0.2, -0.15) is 5.10 Å². The molecule has 1 aliphatic heterocycles. The summed E-state index contributed by atoms with van der Waals surface area (Å²) in [5, 5.41) is 13.2. The van der Waals surface area contributed by atoms with Crippen molar-refractivity contribution in [2.75, 3.05) is 0 Å². The van der Waals surface area contributed by atoms with E-state index in [0.29, 0.717) is 17.8 Å². The SMILES string of the molecule is Cc1c(-c2ccc(F)cn2)nn2c1CCC(F)(C(=O)O)C2. The molecular formula is C14H13F2N3O2. The summed E-state index contributed by atoms with van der Waals surface area (Å²) in [5.41, 5.74) is 0.335. The first-order valence-electron chi connectivity index (χ1n) is 6.51. The lowest BCUT2D eigenvalue weighted by molar-refractivity contribution is -0.153. The van der Waals surface area contributed by atoms with Crippen LogP contribution >= 0.6 is 0 Å². The Bertz CT molecular complexity index is 712. The minimum Gasteiger partial charge on any atom is -0.479 e. The van der Waals surface area contributed by atoms with Crippen LogP contribution in [0.4, 0.5) is 8.78 Å². The summed E-state index contributed by atoms with van der Waals surface area (Å²) in [6.45, 7) is 1.50. The van der Waals surface area contributed by atoms with Gasteiger partial charge in [0, 0.05) is 5.69 Å². The monoisotopic (exact) mass is 293 g/mol. The molecule has 0 amide bonds. The second-order valence-corrected chi connectivity index (χ2v) is 5.21. The van der Waals surface area contributed by atoms with E-state index in [-0.39, 0.29) is 13.0 Å². The number of aliphatic carboxylic acids is 1. The number of pyridine rings is 1. The lowest BCUT2D eigenvalue weighted by Crippen LogP contribution is -2.42. The van der Waals surface area contributed by atoms with Crippen LogP contribution in [0.5, 0.6) is 0 Å². The Labute approximate surface area is 119 Å². The van der Waals surface area contributed by atoms with Crippen LogP contribution in [-0.4, -0.2) is 31.5 Å². The molecule has 2 aromatic rings. The molecule has 0 aliphatic carbocycles. The molecule has 1 atom stereocenters. The average Bonchev–Trinajstić information content (AvgIpc) is 2.76. The Morgan fingerprint density at radius 1 is 1.48 bits per heavy atom. The highest BCUT2D eigenvalue weighted by atomic mass is 19.1. The molecule has 0 saturated heterocycles. The van der Waals surface area contributed by atoms with Crippen molar-refractivity contribution in [2.45, 2.75) is 32.0 Å². The molecule has 21 heavy (non-hydrogen) atoms. The van der Waals surface area contributed by atoms with Crippen molar-refractivity contribution < 1.29 is 18.7 Å². The normalized spacial score (nSPS) is 21.1. The molecule has 5 nitrogen and oxygen atoms in total. The van der Waals surface area contributed by atoms with Gasteiger partial charge < -0.3 is 5.11 Å². The maximum absolute atomic E-state index is 14.2. The van der Waals surface area contributed by atoms with E-state index in [1.807, 2.05) is 6.92 Å². The lowest BCUT2D eigenvalue weighted by atomic mass is 9.93. The van der Waals surface area contributed by atoms with Gasteiger partial charge in [-0.1, -0.05) is 0 Å². The van der Waals surface area contributed by atoms with E-state index in [2.05, 4.69) is 10.1 Å². The van der Waals surface area contributed by atoms with Crippen LogP contribution in [0.1, 0.15) is 17.7 Å². The number of alkyl halides is 1. The molecule has 3 heterocycles. The Hall–Kier alpha value is -2.31. The topological polar surface area (TPSA) is 68.0 Å². The summed E-state index contributed by atoms with van der Waals surface area (Å²) < 4.78 is 28.5. The van der Waals surface area contributed by atoms with Crippen LogP contribution < -0.4 is 0 Å². The van der Waals surface area contributed by atoms with E-state index in [1.165, 1.54) is 16.8 Å². The third-order valence-electron chi connectivity index (χ3n) is 3.83. The molecule has 0 fully saturated rings. The van der Waals surface area contributed by atoms with Gasteiger partial charge >= 0.3 is 5.97 Å². The Morgan fingerprint density at radius 3 is 2.86 bits per heavy atom. The minimum atomic E-state index is -2.29. The minimum absolute atomic E-state index is 0.0782. The van der Waals surface area contributed by atoms with Crippen molar-refractivity contribution in [1.29, 1.82) is 0 Å². The number of carboxylic acids is 1. The largest absolute Gasteiger partial charge is 0.479 e. The maximum Gasteiger partial charge on any atom is 0.343 e. The Balaban J connectivity index is 2.03. The Morgan fingerprint density at radius 2 is 2.24 bits per heavy atom. The van der Waals surface area contributed by atoms with Crippen LogP contribution in [0.15, 0.2) is 18.3 Å². The van der Waals surface area contributed by atoms with Crippen LogP contribution in [0.2, 0.25) is 0 Å². The number of rotatable bonds is 2. The molecule has 0 aromatic carbocycles. The van der Waals surface area contributed by atoms with E-state index >= 15 is 0 Å². The first-order valence-corrected chi connectivity index (χ1v) is 6.51. The van der Waals surface area contributed by atoms with Crippen molar-refractivity contribution in [3.63, 3.8) is 0 Å². The van der Waals surface area contributed by atoms with Crippen LogP contribution in [0, 0.1) is 12.7 Å². The van der Waals surface area contributed by atoms with Crippen molar-refractivity contribution >= 4 is 5.97 Å². The van der Waals surface area contributed by atoms with E-state index < -0.39 is 17.5 Å². The lowest BCUT2D eigenvalue weighted by Gasteiger charge is -2.26. The van der Waals surface area contributed by atoms with Gasteiger partial charge in [0.1, 0.15) is 11.5 Å². The highest BCUT2D eigenvalue weighted by Crippen LogP contribution is 2.32. The van der Waals surface area contributed by atoms with Gasteiger partial charge in [-0.05, 0) is 37.5 Å². The van der Waals surface area contributed by atoms with Gasteiger partial charge in [-0.15, -0.1) is 0 Å². The smallest absolute Gasteiger partial charge is 0.343 e. The zero-order chi connectivity index (χ0) is 15.2. The van der Waals surface area contributed by atoms with Gasteiger partial charge in [-0.25, -0.2) is 13.6 Å². The zero-order valence-electron chi connectivity index (χ0n) is 11.3. The van der Waals surface area contributed by atoms with Gasteiger partial charge in [0.15, 0.2) is 0 Å². The van der Waals surface area contributed by atoms with Gasteiger partial charge in [0.05, 0.1) is 18.4 Å². The van der Waals surface area contributed by atoms with Crippen LogP contribution in [-0.2, 0) is 17.8 Å². The molecule has 0 saturated carbocycles. The molecule has 2 aromatic heterocycles. The number of halogens is 2. The number of hydrogen-bond acceptors (Lipinski definition) is 3. The number of carbonyl (C=O) groups is 1. The summed E-state index contributed by atoms with van der Waals surface area (Å²) in [6.07, 6.45) is 1.30. The molecule has 1 N–H and O–H groups in total. The summed E-state index contributed by atoms with van der Waals surface area (Å²) in [6, 6.07) is 2.77. The van der Waals surface area contributed by atoms with Crippen molar-refractivity contribution in [2.24, 2.45) is 0 Å². The van der Waals surface area contributed by atoms with Gasteiger partial charge in [-0.3, -0.25) is 9.67 Å². The molecule has 0 radical (unpaired) electrons. The van der Waals surface area contributed by atoms with Crippen LogP contribution in [0.3, 0.4) is 0 Å². The number of fused-ring (bicyclic) bond motifs is 1. The molecular weight excluding hydrogens is 280 g/mol. The van der Waals surface area contributed by atoms with E-state index in [4.69, 9.17) is 5.11 Å². The fraction of sp³-hybridized carbons (Fsp3) is 0.357. The highest BCUT2D eigenvalue weighted by Gasteiger charge is 2.43. The zero-order valence-corrected chi connectivity index (χ0v) is 11.3. The molecule has 3 rings (SSSR count). The molecule has 110 valence electrons. The Kier molecular flexibility index (Phi) is 3.00. The van der Waals surface area contributed by atoms with Gasteiger partial charge in [0.25, 0.3) is 0 Å². The van der Waals surface area contributed by atoms with Crippen molar-refractivity contribution in [3.05, 3.63) is 35.4 Å². The molecule has 7 heteroatoms. The van der Waals surface area contributed by atoms with Gasteiger partial charge in [0.2, 0.25) is 5.67 Å². The highest BCUT2D eigenvalue weighted by molar-refractivity contribution is 5.77. The predicted octanol–water partition coefficient (Wildman–Crippen LogP) is 2.13. The standard InChI is InChI=1S/C14H13F2N3O2/c1-8-11-4-5-14(16,13(20)21)7-19(11)18-12(8)10-3-2-9(15)6-17-10/h2-3,6H,4-5,7H2,1H3,(H,20,21). The molecule has 0 spiro atoms. The van der Waals surface area contributed by atoms with Crippen LogP contribution in [0.25, 0.3) is 11.4 Å². The molecule has 0 bridgehead atoms. The predicted molar refractivity (Wildman–Crippen MR) is 69.9 cm³/mol. The molecule has 1 aliphatic rings. The van der Waals surface area contributed by atoms with Crippen molar-refractivity contribution in [1.82, 2.24) is 14.8 Å². The summed E-state index contributed by atoms with van der Waals surface area (Å²) in [7, 11) is 0. The third-order valence-corrected chi connectivity index (χ3v) is 3.83. The van der Waals surface area contributed by atoms with Crippen molar-refractivity contribution in [3.8, 4) is 11.4 Å². The second kappa shape index (κ2) is 4.61. The third kappa shape index (κ3) is 2.18. The molecule has 1 unspecified atom stereocenters. The number of hydrogen-bond donors (Lipinski definition) is 1.